The van der Waals surface area contributed by atoms with Gasteiger partial charge in [0.15, 0.2) is 0 Å². The van der Waals surface area contributed by atoms with Crippen LogP contribution in [0.5, 0.6) is 0 Å². The van der Waals surface area contributed by atoms with E-state index in [1.165, 1.54) is 28.5 Å². The number of anilines is 1. The van der Waals surface area contributed by atoms with Gasteiger partial charge in [-0.15, -0.1) is 0 Å². The van der Waals surface area contributed by atoms with Gasteiger partial charge in [-0.25, -0.2) is 9.59 Å². The molecule has 4 aromatic rings. The number of aromatic nitrogens is 8. The first-order valence-corrected chi connectivity index (χ1v) is 11.4. The third-order valence-electron chi connectivity index (χ3n) is 6.21. The van der Waals surface area contributed by atoms with Gasteiger partial charge in [0.05, 0.1) is 16.3 Å². The van der Waals surface area contributed by atoms with Crippen LogP contribution in [0.25, 0.3) is 11.4 Å². The highest BCUT2D eigenvalue weighted by molar-refractivity contribution is 5.54. The van der Waals surface area contributed by atoms with Crippen LogP contribution in [0.15, 0.2) is 46.0 Å². The van der Waals surface area contributed by atoms with Crippen LogP contribution in [0.4, 0.5) is 11.4 Å². The monoisotopic (exact) mass is 492 g/mol. The molecule has 2 aliphatic carbocycles. The van der Waals surface area contributed by atoms with Crippen LogP contribution in [0.3, 0.4) is 0 Å². The number of tetrazole rings is 2. The van der Waals surface area contributed by atoms with Crippen molar-refractivity contribution in [2.45, 2.75) is 37.5 Å². The Morgan fingerprint density at radius 1 is 0.806 bits per heavy atom. The van der Waals surface area contributed by atoms with Crippen molar-refractivity contribution >= 4 is 11.4 Å². The molecule has 36 heavy (non-hydrogen) atoms. The smallest absolute Gasteiger partial charge is 0.368 e. The van der Waals surface area contributed by atoms with Crippen LogP contribution in [0.1, 0.15) is 48.6 Å². The van der Waals surface area contributed by atoms with Gasteiger partial charge in [-0.3, -0.25) is 10.1 Å². The lowest BCUT2D eigenvalue weighted by atomic mass is 10.1. The van der Waals surface area contributed by atoms with Gasteiger partial charge in [-0.2, -0.15) is 18.7 Å². The Balaban J connectivity index is 0.000000149. The van der Waals surface area contributed by atoms with Crippen LogP contribution in [0.2, 0.25) is 0 Å². The van der Waals surface area contributed by atoms with Gasteiger partial charge in [0, 0.05) is 31.9 Å². The Labute approximate surface area is 203 Å². The lowest BCUT2D eigenvalue weighted by Gasteiger charge is -2.07. The lowest BCUT2D eigenvalue weighted by molar-refractivity contribution is -0.384. The van der Waals surface area contributed by atoms with Gasteiger partial charge in [-0.05, 0) is 87.7 Å². The van der Waals surface area contributed by atoms with E-state index in [0.717, 1.165) is 51.9 Å². The average molecular weight is 493 g/mol. The van der Waals surface area contributed by atoms with Gasteiger partial charge in [0.1, 0.15) is 0 Å². The quantitative estimate of drug-likeness (QED) is 0.243. The second-order valence-corrected chi connectivity index (χ2v) is 8.96. The fourth-order valence-corrected chi connectivity index (χ4v) is 3.98. The van der Waals surface area contributed by atoms with Crippen molar-refractivity contribution in [2.24, 2.45) is 14.1 Å². The number of nitrogens with two attached hydrogens (primary N) is 1. The topological polar surface area (TPSA) is 175 Å². The minimum Gasteiger partial charge on any atom is -0.399 e. The van der Waals surface area contributed by atoms with Crippen molar-refractivity contribution < 1.29 is 4.92 Å². The number of benzene rings is 2. The van der Waals surface area contributed by atoms with E-state index in [-0.39, 0.29) is 11.4 Å². The molecule has 0 spiro atoms. The zero-order valence-electron chi connectivity index (χ0n) is 19.7. The number of hydrogen-bond acceptors (Lipinski definition) is 9. The summed E-state index contributed by atoms with van der Waals surface area (Å²) >= 11 is 0. The Kier molecular flexibility index (Phi) is 5.70. The predicted octanol–water partition coefficient (Wildman–Crippen LogP) is 1.18. The molecule has 0 unspecified atom stereocenters. The Morgan fingerprint density at radius 3 is 1.69 bits per heavy atom. The number of aryl methyl sites for hydroxylation is 2. The summed E-state index contributed by atoms with van der Waals surface area (Å²) in [4.78, 5) is 34.1. The molecule has 0 atom stereocenters. The summed E-state index contributed by atoms with van der Waals surface area (Å²) in [6.07, 6.45) is 4.37. The highest BCUT2D eigenvalue weighted by Gasteiger charge is 2.29. The molecule has 14 heteroatoms. The summed E-state index contributed by atoms with van der Waals surface area (Å²) in [5, 5.41) is 25.8. The number of nitrogen functional groups attached to an aromatic ring is 1. The van der Waals surface area contributed by atoms with Crippen LogP contribution in [-0.4, -0.2) is 44.5 Å². The van der Waals surface area contributed by atoms with Crippen molar-refractivity contribution in [3.63, 3.8) is 0 Å². The molecule has 2 heterocycles. The Bertz CT molecular complexity index is 1570. The zero-order valence-corrected chi connectivity index (χ0v) is 19.7. The standard InChI is InChI=1S/C11H11N5O3.C11H13N5O/c1-14-11(17)15(13-12-14)10-6-8(16(18)19)4-5-9(10)7-2-3-7;1-15-11(17)16(14-13-15)10-6-8(12)4-5-9(10)7-2-3-7/h4-7H,2-3H2,1H3;4-7H,2-3,12H2,1H3. The van der Waals surface area contributed by atoms with Crippen LogP contribution >= 0.6 is 0 Å². The summed E-state index contributed by atoms with van der Waals surface area (Å²) in [6, 6.07) is 10.2. The predicted molar refractivity (Wildman–Crippen MR) is 128 cm³/mol. The fourth-order valence-electron chi connectivity index (χ4n) is 3.98. The largest absolute Gasteiger partial charge is 0.399 e. The molecule has 2 aromatic heterocycles. The van der Waals surface area contributed by atoms with E-state index in [4.69, 9.17) is 5.73 Å². The molecular weight excluding hydrogens is 468 g/mol. The third kappa shape index (κ3) is 4.39. The van der Waals surface area contributed by atoms with E-state index in [9.17, 15) is 19.7 Å². The number of rotatable bonds is 5. The second-order valence-electron chi connectivity index (χ2n) is 8.96. The van der Waals surface area contributed by atoms with Crippen LogP contribution in [-0.2, 0) is 14.1 Å². The summed E-state index contributed by atoms with van der Waals surface area (Å²) in [6.45, 7) is 0. The fraction of sp³-hybridized carbons (Fsp3) is 0.364. The van der Waals surface area contributed by atoms with E-state index >= 15 is 0 Å². The first-order chi connectivity index (χ1) is 17.2. The van der Waals surface area contributed by atoms with Crippen LogP contribution in [0, 0.1) is 10.1 Å². The van der Waals surface area contributed by atoms with Gasteiger partial charge in [0.25, 0.3) is 5.69 Å². The number of nitro benzene ring substituents is 1. The highest BCUT2D eigenvalue weighted by Crippen LogP contribution is 2.43. The van der Waals surface area contributed by atoms with E-state index in [0.29, 0.717) is 23.2 Å². The zero-order chi connectivity index (χ0) is 25.6. The summed E-state index contributed by atoms with van der Waals surface area (Å²) in [5.74, 6) is 0.879. The Morgan fingerprint density at radius 2 is 1.28 bits per heavy atom. The molecule has 0 bridgehead atoms. The SMILES string of the molecule is Cn1nnn(-c2cc(N)ccc2C2CC2)c1=O.Cn1nnn(-c2cc([N+](=O)[O-])ccc2C2CC2)c1=O. The molecule has 2 N–H and O–H groups in total. The van der Waals surface area contributed by atoms with Crippen molar-refractivity contribution in [1.29, 1.82) is 0 Å². The van der Waals surface area contributed by atoms with Crippen molar-refractivity contribution in [3.8, 4) is 11.4 Å². The normalized spacial score (nSPS) is 14.8. The second kappa shape index (κ2) is 8.87. The molecule has 2 saturated carbocycles. The molecule has 2 aromatic carbocycles. The minimum atomic E-state index is -0.485. The maximum atomic E-state index is 11.9. The van der Waals surface area contributed by atoms with E-state index < -0.39 is 10.6 Å². The first kappa shape index (κ1) is 23.1. The number of hydrogen-bond donors (Lipinski definition) is 1. The van der Waals surface area contributed by atoms with E-state index in [2.05, 4.69) is 20.9 Å². The molecule has 186 valence electrons. The lowest BCUT2D eigenvalue weighted by Crippen LogP contribution is -2.22. The molecule has 0 radical (unpaired) electrons. The van der Waals surface area contributed by atoms with Crippen molar-refractivity contribution in [3.05, 3.63) is 78.6 Å². The molecule has 2 fully saturated rings. The van der Waals surface area contributed by atoms with E-state index in [1.807, 2.05) is 12.1 Å². The van der Waals surface area contributed by atoms with Crippen molar-refractivity contribution in [1.82, 2.24) is 39.6 Å². The Hall–Kier alpha value is -4.62. The number of nitrogens with zero attached hydrogens (tertiary/aromatic N) is 9. The van der Waals surface area contributed by atoms with E-state index in [1.54, 1.807) is 19.2 Å². The molecule has 14 nitrogen and oxygen atoms in total. The maximum absolute atomic E-state index is 11.9. The molecular formula is C22H24N10O4. The average Bonchev–Trinajstić information content (AvgIpc) is 3.79. The minimum absolute atomic E-state index is 0.0584. The third-order valence-corrected chi connectivity index (χ3v) is 6.21. The molecule has 6 rings (SSSR count). The van der Waals surface area contributed by atoms with Gasteiger partial charge in [0.2, 0.25) is 0 Å². The highest BCUT2D eigenvalue weighted by atomic mass is 16.6. The van der Waals surface area contributed by atoms with Gasteiger partial charge >= 0.3 is 11.4 Å². The summed E-state index contributed by atoms with van der Waals surface area (Å²) in [7, 11) is 3.06. The molecule has 0 amide bonds. The summed E-state index contributed by atoms with van der Waals surface area (Å²) < 4.78 is 4.72. The van der Waals surface area contributed by atoms with Crippen LogP contribution < -0.4 is 17.1 Å². The van der Waals surface area contributed by atoms with Crippen molar-refractivity contribution in [2.75, 3.05) is 5.73 Å². The number of non-ortho nitro benzene ring substituents is 1. The maximum Gasteiger partial charge on any atom is 0.368 e. The summed E-state index contributed by atoms with van der Waals surface area (Å²) in [5.41, 5.74) is 8.92. The molecule has 0 saturated heterocycles. The van der Waals surface area contributed by atoms with Gasteiger partial charge in [-0.1, -0.05) is 6.07 Å². The molecule has 0 aliphatic heterocycles. The first-order valence-electron chi connectivity index (χ1n) is 11.4. The number of nitro groups is 1. The molecule has 2 aliphatic rings. The van der Waals surface area contributed by atoms with Gasteiger partial charge < -0.3 is 5.73 Å².